The van der Waals surface area contributed by atoms with Gasteiger partial charge in [0, 0.05) is 25.3 Å². The van der Waals surface area contributed by atoms with Crippen molar-refractivity contribution >= 4 is 5.69 Å². The van der Waals surface area contributed by atoms with E-state index in [0.29, 0.717) is 19.1 Å². The summed E-state index contributed by atoms with van der Waals surface area (Å²) in [5.41, 5.74) is 5.22. The molecule has 0 aromatic carbocycles. The molecule has 1 atom stereocenters. The smallest absolute Gasteiger partial charge is 0.331 e. The molecule has 1 aliphatic rings. The molecule has 0 aliphatic carbocycles. The molecule has 2 heterocycles. The average Bonchev–Trinajstić information content (AvgIpc) is 2.44. The average molecular weight is 280 g/mol. The van der Waals surface area contributed by atoms with Crippen LogP contribution in [0.2, 0.25) is 0 Å². The normalized spacial score (nSPS) is 20.2. The molecule has 1 aliphatic heterocycles. The lowest BCUT2D eigenvalue weighted by molar-refractivity contribution is 0.170. The van der Waals surface area contributed by atoms with E-state index in [9.17, 15) is 9.59 Å². The van der Waals surface area contributed by atoms with Crippen LogP contribution in [0.15, 0.2) is 15.8 Å². The molecule has 2 rings (SSSR count). The predicted octanol–water partition coefficient (Wildman–Crippen LogP) is 0.487. The van der Waals surface area contributed by atoms with Gasteiger partial charge in [0.15, 0.2) is 0 Å². The first-order valence-corrected chi connectivity index (χ1v) is 7.34. The van der Waals surface area contributed by atoms with Gasteiger partial charge < -0.3 is 10.6 Å². The van der Waals surface area contributed by atoms with E-state index < -0.39 is 0 Å². The van der Waals surface area contributed by atoms with E-state index in [1.807, 2.05) is 6.92 Å². The van der Waals surface area contributed by atoms with Gasteiger partial charge in [0.1, 0.15) is 5.69 Å². The Balaban J connectivity index is 2.19. The summed E-state index contributed by atoms with van der Waals surface area (Å²) in [7, 11) is 2.11. The van der Waals surface area contributed by atoms with Gasteiger partial charge in [-0.2, -0.15) is 0 Å². The Morgan fingerprint density at radius 3 is 2.75 bits per heavy atom. The number of nitrogen functional groups attached to an aromatic ring is 1. The van der Waals surface area contributed by atoms with Crippen LogP contribution in [0.5, 0.6) is 0 Å². The van der Waals surface area contributed by atoms with Crippen molar-refractivity contribution < 1.29 is 0 Å². The Morgan fingerprint density at radius 1 is 1.35 bits per heavy atom. The number of piperidine rings is 1. The zero-order valence-electron chi connectivity index (χ0n) is 12.3. The minimum Gasteiger partial charge on any atom is -0.393 e. The van der Waals surface area contributed by atoms with Crippen molar-refractivity contribution in [2.45, 2.75) is 51.7 Å². The third-order valence-electron chi connectivity index (χ3n) is 4.21. The van der Waals surface area contributed by atoms with Crippen molar-refractivity contribution in [3.8, 4) is 0 Å². The Hall–Kier alpha value is -1.56. The van der Waals surface area contributed by atoms with Gasteiger partial charge in [-0.05, 0) is 39.8 Å². The van der Waals surface area contributed by atoms with Gasteiger partial charge in [0.2, 0.25) is 0 Å². The molecule has 1 aromatic heterocycles. The van der Waals surface area contributed by atoms with Gasteiger partial charge >= 0.3 is 5.69 Å². The number of rotatable bonds is 4. The third-order valence-corrected chi connectivity index (χ3v) is 4.21. The summed E-state index contributed by atoms with van der Waals surface area (Å²) in [5, 5.41) is 0. The second-order valence-corrected chi connectivity index (χ2v) is 5.53. The van der Waals surface area contributed by atoms with Gasteiger partial charge in [0.25, 0.3) is 5.56 Å². The van der Waals surface area contributed by atoms with Crippen LogP contribution in [0.1, 0.15) is 32.6 Å². The molecule has 6 nitrogen and oxygen atoms in total. The van der Waals surface area contributed by atoms with Crippen molar-refractivity contribution in [2.24, 2.45) is 0 Å². The lowest BCUT2D eigenvalue weighted by atomic mass is 10.0. The topological polar surface area (TPSA) is 73.3 Å². The van der Waals surface area contributed by atoms with Crippen LogP contribution in [0.4, 0.5) is 5.69 Å². The largest absolute Gasteiger partial charge is 0.393 e. The van der Waals surface area contributed by atoms with Crippen LogP contribution in [0, 0.1) is 0 Å². The zero-order valence-corrected chi connectivity index (χ0v) is 12.3. The second kappa shape index (κ2) is 6.26. The summed E-state index contributed by atoms with van der Waals surface area (Å²) in [6, 6.07) is 0.451. The summed E-state index contributed by atoms with van der Waals surface area (Å²) in [4.78, 5) is 26.5. The van der Waals surface area contributed by atoms with E-state index in [1.165, 1.54) is 28.2 Å². The van der Waals surface area contributed by atoms with E-state index in [2.05, 4.69) is 11.9 Å². The molecular formula is C14H24N4O2. The molecule has 1 unspecified atom stereocenters. The number of aromatic nitrogens is 2. The fraction of sp³-hybridized carbons (Fsp3) is 0.714. The first-order valence-electron chi connectivity index (χ1n) is 7.34. The SMILES string of the molecule is CCn1cc(N)c(=O)n(CCC2CCCCN2C)c1=O. The molecule has 0 amide bonds. The number of hydrogen-bond acceptors (Lipinski definition) is 4. The summed E-state index contributed by atoms with van der Waals surface area (Å²) >= 11 is 0. The van der Waals surface area contributed by atoms with Gasteiger partial charge in [-0.15, -0.1) is 0 Å². The number of aryl methyl sites for hydroxylation is 1. The van der Waals surface area contributed by atoms with Crippen molar-refractivity contribution in [1.29, 1.82) is 0 Å². The maximum atomic E-state index is 12.2. The summed E-state index contributed by atoms with van der Waals surface area (Å²) < 4.78 is 2.77. The van der Waals surface area contributed by atoms with E-state index in [1.54, 1.807) is 0 Å². The van der Waals surface area contributed by atoms with Crippen molar-refractivity contribution in [3.63, 3.8) is 0 Å². The van der Waals surface area contributed by atoms with E-state index in [4.69, 9.17) is 5.73 Å². The number of hydrogen-bond donors (Lipinski definition) is 1. The Bertz CT molecular complexity index is 576. The van der Waals surface area contributed by atoms with E-state index in [0.717, 1.165) is 19.4 Å². The molecule has 20 heavy (non-hydrogen) atoms. The zero-order chi connectivity index (χ0) is 14.7. The highest BCUT2D eigenvalue weighted by Gasteiger charge is 2.19. The van der Waals surface area contributed by atoms with Crippen molar-refractivity contribution in [3.05, 3.63) is 27.0 Å². The molecule has 0 saturated carbocycles. The van der Waals surface area contributed by atoms with Gasteiger partial charge in [-0.3, -0.25) is 13.9 Å². The van der Waals surface area contributed by atoms with Gasteiger partial charge in [-0.25, -0.2) is 4.79 Å². The first-order chi connectivity index (χ1) is 9.54. The number of likely N-dealkylation sites (tertiary alicyclic amines) is 1. The Labute approximate surface area is 118 Å². The minimum absolute atomic E-state index is 0.142. The summed E-state index contributed by atoms with van der Waals surface area (Å²) in [6.45, 7) is 3.92. The van der Waals surface area contributed by atoms with Gasteiger partial charge in [0.05, 0.1) is 0 Å². The van der Waals surface area contributed by atoms with Crippen LogP contribution in [0.3, 0.4) is 0 Å². The molecule has 2 N–H and O–H groups in total. The minimum atomic E-state index is -0.363. The molecule has 1 fully saturated rings. The maximum absolute atomic E-state index is 12.2. The molecule has 1 aromatic rings. The first kappa shape index (κ1) is 14.8. The molecule has 1 saturated heterocycles. The van der Waals surface area contributed by atoms with E-state index >= 15 is 0 Å². The highest BCUT2D eigenvalue weighted by atomic mass is 16.2. The maximum Gasteiger partial charge on any atom is 0.331 e. The van der Waals surface area contributed by atoms with Crippen molar-refractivity contribution in [2.75, 3.05) is 19.3 Å². The summed E-state index contributed by atoms with van der Waals surface area (Å²) in [5.74, 6) is 0. The third kappa shape index (κ3) is 2.95. The molecule has 112 valence electrons. The van der Waals surface area contributed by atoms with E-state index in [-0.39, 0.29) is 16.9 Å². The highest BCUT2D eigenvalue weighted by Crippen LogP contribution is 2.17. The Morgan fingerprint density at radius 2 is 2.10 bits per heavy atom. The molecule has 0 bridgehead atoms. The van der Waals surface area contributed by atoms with Crippen molar-refractivity contribution in [1.82, 2.24) is 14.0 Å². The summed E-state index contributed by atoms with van der Waals surface area (Å²) in [6.07, 6.45) is 5.84. The molecule has 0 spiro atoms. The fourth-order valence-corrected chi connectivity index (χ4v) is 2.89. The predicted molar refractivity (Wildman–Crippen MR) is 79.9 cm³/mol. The second-order valence-electron chi connectivity index (χ2n) is 5.53. The number of nitrogens with zero attached hydrogens (tertiary/aromatic N) is 3. The monoisotopic (exact) mass is 280 g/mol. The quantitative estimate of drug-likeness (QED) is 0.871. The van der Waals surface area contributed by atoms with Crippen LogP contribution in [-0.4, -0.2) is 33.7 Å². The van der Waals surface area contributed by atoms with Crippen LogP contribution in [-0.2, 0) is 13.1 Å². The van der Waals surface area contributed by atoms with Crippen LogP contribution >= 0.6 is 0 Å². The lowest BCUT2D eigenvalue weighted by Gasteiger charge is -2.32. The number of nitrogens with two attached hydrogens (primary N) is 1. The molecule has 6 heteroatoms. The highest BCUT2D eigenvalue weighted by molar-refractivity contribution is 5.30. The van der Waals surface area contributed by atoms with Crippen LogP contribution in [0.25, 0.3) is 0 Å². The Kier molecular flexibility index (Phi) is 4.65. The molecule has 0 radical (unpaired) electrons. The van der Waals surface area contributed by atoms with Gasteiger partial charge in [-0.1, -0.05) is 6.42 Å². The molecular weight excluding hydrogens is 256 g/mol. The fourth-order valence-electron chi connectivity index (χ4n) is 2.89. The lowest BCUT2D eigenvalue weighted by Crippen LogP contribution is -2.43. The standard InChI is InChI=1S/C14H24N4O2/c1-3-17-10-12(15)13(19)18(14(17)20)9-7-11-6-4-5-8-16(11)2/h10-11H,3-9,15H2,1-2H3. The number of anilines is 1. The van der Waals surface area contributed by atoms with Crippen LogP contribution < -0.4 is 17.0 Å².